The van der Waals surface area contributed by atoms with Crippen LogP contribution in [0.5, 0.6) is 0 Å². The minimum Gasteiger partial charge on any atom is -0.314 e. The van der Waals surface area contributed by atoms with Crippen LogP contribution in [-0.4, -0.2) is 34.0 Å². The van der Waals surface area contributed by atoms with Gasteiger partial charge in [0.15, 0.2) is 7.14 Å². The molecular weight excluding hydrogens is 497 g/mol. The Balaban J connectivity index is 1.50. The van der Waals surface area contributed by atoms with Gasteiger partial charge in [0.05, 0.1) is 31.3 Å². The van der Waals surface area contributed by atoms with Gasteiger partial charge < -0.3 is 4.57 Å². The van der Waals surface area contributed by atoms with Crippen LogP contribution in [0.25, 0.3) is 0 Å². The quantitative estimate of drug-likeness (QED) is 0.210. The van der Waals surface area contributed by atoms with Crippen LogP contribution in [0.3, 0.4) is 0 Å². The summed E-state index contributed by atoms with van der Waals surface area (Å²) in [6.07, 6.45) is 2.69. The second-order valence-corrected chi connectivity index (χ2v) is 12.9. The smallest absolute Gasteiger partial charge is 0.159 e. The molecule has 5 heteroatoms. The molecule has 0 bridgehead atoms. The third kappa shape index (κ3) is 5.51. The van der Waals surface area contributed by atoms with Crippen molar-refractivity contribution >= 4 is 12.6 Å². The van der Waals surface area contributed by atoms with Crippen LogP contribution < -0.4 is 5.44 Å². The minimum absolute atomic E-state index is 0.0422. The number of pyridine rings is 1. The van der Waals surface area contributed by atoms with Gasteiger partial charge in [0.1, 0.15) is 5.44 Å². The molecule has 6 rings (SSSR count). The zero-order valence-electron chi connectivity index (χ0n) is 21.8. The van der Waals surface area contributed by atoms with E-state index < -0.39 is 7.14 Å². The maximum absolute atomic E-state index is 15.0. The standard InChI is InChI=1S/C34H32N3OP/c38-39(32-23-13-14-24-35-32)26-36(33(28-15-5-1-6-16-28)29-17-7-2-8-18-29)25-37(27-39)34(30-19-9-3-10-20-30)31-21-11-4-12-22-31/h1-24,33-34H,25-27H2. The van der Waals surface area contributed by atoms with Crippen molar-refractivity contribution < 1.29 is 4.57 Å². The summed E-state index contributed by atoms with van der Waals surface area (Å²) in [5, 5.41) is 0. The largest absolute Gasteiger partial charge is 0.314 e. The van der Waals surface area contributed by atoms with E-state index in [0.29, 0.717) is 24.7 Å². The lowest BCUT2D eigenvalue weighted by Crippen LogP contribution is -2.49. The van der Waals surface area contributed by atoms with Gasteiger partial charge in [-0.15, -0.1) is 0 Å². The van der Waals surface area contributed by atoms with E-state index in [1.807, 2.05) is 42.5 Å². The molecule has 0 aliphatic carbocycles. The summed E-state index contributed by atoms with van der Waals surface area (Å²) in [5.74, 6) is 0. The summed E-state index contributed by atoms with van der Waals surface area (Å²) in [7, 11) is -2.93. The predicted molar refractivity (Wildman–Crippen MR) is 159 cm³/mol. The Kier molecular flexibility index (Phi) is 7.51. The molecule has 1 saturated heterocycles. The number of rotatable bonds is 7. The lowest BCUT2D eigenvalue weighted by atomic mass is 9.96. The predicted octanol–water partition coefficient (Wildman–Crippen LogP) is 7.14. The molecular formula is C34H32N3OP. The fraction of sp³-hybridized carbons (Fsp3) is 0.147. The Bertz CT molecular complexity index is 1340. The molecule has 1 aromatic heterocycles. The molecule has 4 aromatic carbocycles. The van der Waals surface area contributed by atoms with E-state index >= 15 is 4.57 Å². The molecule has 0 saturated carbocycles. The zero-order valence-corrected chi connectivity index (χ0v) is 22.7. The van der Waals surface area contributed by atoms with Crippen LogP contribution >= 0.6 is 7.14 Å². The molecule has 1 fully saturated rings. The number of hydrogen-bond acceptors (Lipinski definition) is 4. The first kappa shape index (κ1) is 25.5. The van der Waals surface area contributed by atoms with E-state index in [2.05, 4.69) is 112 Å². The monoisotopic (exact) mass is 529 g/mol. The average Bonchev–Trinajstić information content (AvgIpc) is 3.00. The Labute approximate surface area is 231 Å². The molecule has 0 radical (unpaired) electrons. The molecule has 0 amide bonds. The van der Waals surface area contributed by atoms with Crippen molar-refractivity contribution in [3.05, 3.63) is 168 Å². The second-order valence-electron chi connectivity index (χ2n) is 10.1. The van der Waals surface area contributed by atoms with Gasteiger partial charge in [0, 0.05) is 6.20 Å². The molecule has 0 atom stereocenters. The number of nitrogens with zero attached hydrogens (tertiary/aromatic N) is 3. The maximum Gasteiger partial charge on any atom is 0.159 e. The SMILES string of the molecule is O=P1(c2ccccn2)CN(C(c2ccccc2)c2ccccc2)CN(C(c2ccccc2)c2ccccc2)C1. The second kappa shape index (κ2) is 11.5. The molecule has 1 aliphatic rings. The fourth-order valence-electron chi connectivity index (χ4n) is 5.79. The normalized spacial score (nSPS) is 15.9. The number of hydrogen-bond donors (Lipinski definition) is 0. The summed E-state index contributed by atoms with van der Waals surface area (Å²) in [5.41, 5.74) is 5.45. The number of aromatic nitrogens is 1. The highest BCUT2D eigenvalue weighted by Crippen LogP contribution is 2.52. The van der Waals surface area contributed by atoms with Gasteiger partial charge in [-0.3, -0.25) is 14.8 Å². The molecule has 4 nitrogen and oxygen atoms in total. The molecule has 1 aliphatic heterocycles. The summed E-state index contributed by atoms with van der Waals surface area (Å²) in [4.78, 5) is 9.42. The fourth-order valence-corrected chi connectivity index (χ4v) is 8.48. The van der Waals surface area contributed by atoms with E-state index in [4.69, 9.17) is 0 Å². The minimum atomic E-state index is -2.93. The summed E-state index contributed by atoms with van der Waals surface area (Å²) < 4.78 is 15.0. The van der Waals surface area contributed by atoms with Crippen molar-refractivity contribution in [1.29, 1.82) is 0 Å². The Morgan fingerprint density at radius 3 is 1.21 bits per heavy atom. The third-order valence-electron chi connectivity index (χ3n) is 7.44. The molecule has 2 heterocycles. The van der Waals surface area contributed by atoms with Gasteiger partial charge >= 0.3 is 0 Å². The first-order valence-electron chi connectivity index (χ1n) is 13.4. The molecule has 0 spiro atoms. The van der Waals surface area contributed by atoms with Crippen LogP contribution in [-0.2, 0) is 4.57 Å². The highest BCUT2D eigenvalue weighted by Gasteiger charge is 2.42. The van der Waals surface area contributed by atoms with Crippen LogP contribution in [0.2, 0.25) is 0 Å². The summed E-state index contributed by atoms with van der Waals surface area (Å²) in [6, 6.07) is 48.0. The maximum atomic E-state index is 15.0. The molecule has 194 valence electrons. The Morgan fingerprint density at radius 1 is 0.513 bits per heavy atom. The van der Waals surface area contributed by atoms with Crippen molar-refractivity contribution in [3.8, 4) is 0 Å². The Hall–Kier alpha value is -3.82. The van der Waals surface area contributed by atoms with Crippen molar-refractivity contribution in [2.45, 2.75) is 12.1 Å². The van der Waals surface area contributed by atoms with Gasteiger partial charge in [-0.2, -0.15) is 0 Å². The third-order valence-corrected chi connectivity index (χ3v) is 10.2. The highest BCUT2D eigenvalue weighted by atomic mass is 31.2. The zero-order chi connectivity index (χ0) is 26.5. The van der Waals surface area contributed by atoms with E-state index in [9.17, 15) is 0 Å². The van der Waals surface area contributed by atoms with E-state index in [-0.39, 0.29) is 12.1 Å². The van der Waals surface area contributed by atoms with Gasteiger partial charge in [0.2, 0.25) is 0 Å². The van der Waals surface area contributed by atoms with Gasteiger partial charge in [-0.25, -0.2) is 0 Å². The first-order valence-corrected chi connectivity index (χ1v) is 15.5. The lowest BCUT2D eigenvalue weighted by molar-refractivity contribution is 0.0998. The van der Waals surface area contributed by atoms with E-state index in [0.717, 1.165) is 0 Å². The Morgan fingerprint density at radius 2 is 0.872 bits per heavy atom. The van der Waals surface area contributed by atoms with Crippen molar-refractivity contribution in [1.82, 2.24) is 14.8 Å². The highest BCUT2D eigenvalue weighted by molar-refractivity contribution is 7.71. The summed E-state index contributed by atoms with van der Waals surface area (Å²) in [6.45, 7) is 0.666. The molecule has 0 unspecified atom stereocenters. The van der Waals surface area contributed by atoms with Gasteiger partial charge in [-0.1, -0.05) is 127 Å². The van der Waals surface area contributed by atoms with Crippen LogP contribution in [0.15, 0.2) is 146 Å². The number of benzene rings is 4. The molecule has 39 heavy (non-hydrogen) atoms. The van der Waals surface area contributed by atoms with E-state index in [1.165, 1.54) is 22.3 Å². The van der Waals surface area contributed by atoms with Gasteiger partial charge in [-0.05, 0) is 34.4 Å². The van der Waals surface area contributed by atoms with Crippen LogP contribution in [0, 0.1) is 0 Å². The van der Waals surface area contributed by atoms with Crippen molar-refractivity contribution in [2.24, 2.45) is 0 Å². The van der Waals surface area contributed by atoms with Crippen LogP contribution in [0.4, 0.5) is 0 Å². The first-order chi connectivity index (χ1) is 19.2. The van der Waals surface area contributed by atoms with Crippen molar-refractivity contribution in [2.75, 3.05) is 19.2 Å². The summed E-state index contributed by atoms with van der Waals surface area (Å²) >= 11 is 0. The lowest BCUT2D eigenvalue weighted by Gasteiger charge is -2.46. The van der Waals surface area contributed by atoms with Crippen LogP contribution in [0.1, 0.15) is 34.3 Å². The topological polar surface area (TPSA) is 36.4 Å². The van der Waals surface area contributed by atoms with E-state index in [1.54, 1.807) is 6.20 Å². The van der Waals surface area contributed by atoms with Crippen molar-refractivity contribution in [3.63, 3.8) is 0 Å². The average molecular weight is 530 g/mol. The van der Waals surface area contributed by atoms with Gasteiger partial charge in [0.25, 0.3) is 0 Å². The molecule has 5 aromatic rings. The molecule has 0 N–H and O–H groups in total.